The van der Waals surface area contributed by atoms with E-state index in [0.29, 0.717) is 56.9 Å². The van der Waals surface area contributed by atoms with Crippen LogP contribution in [0.3, 0.4) is 0 Å². The summed E-state index contributed by atoms with van der Waals surface area (Å²) in [7, 11) is 0. The van der Waals surface area contributed by atoms with Gasteiger partial charge in [-0.25, -0.2) is 9.59 Å². The Labute approximate surface area is 333 Å². The van der Waals surface area contributed by atoms with Crippen molar-refractivity contribution < 1.29 is 55.7 Å². The summed E-state index contributed by atoms with van der Waals surface area (Å²) in [5, 5.41) is 19.3. The Morgan fingerprint density at radius 2 is 1.12 bits per heavy atom. The summed E-state index contributed by atoms with van der Waals surface area (Å²) in [5.41, 5.74) is 1.69. The van der Waals surface area contributed by atoms with Gasteiger partial charge >= 0.3 is 24.3 Å². The summed E-state index contributed by atoms with van der Waals surface area (Å²) < 4.78 is 82.2. The molecule has 0 saturated heterocycles. The molecule has 6 aromatic rings. The van der Waals surface area contributed by atoms with Gasteiger partial charge in [-0.2, -0.15) is 26.3 Å². The Hall–Kier alpha value is -6.18. The van der Waals surface area contributed by atoms with Crippen LogP contribution >= 0.6 is 0 Å². The van der Waals surface area contributed by atoms with Crippen LogP contribution < -0.4 is 0 Å². The van der Waals surface area contributed by atoms with Crippen LogP contribution in [-0.4, -0.2) is 42.9 Å². The summed E-state index contributed by atoms with van der Waals surface area (Å²) >= 11 is 0. The molecule has 306 valence electrons. The molecule has 2 heterocycles. The SMILES string of the molecule is CC1CCC(n2cc(C(=O)C(=O)O)c3cc(-c4cccc(C(F)(F)F)c4)ccc32)C1.O=C(O)C(=O)c1cn(CC2CCC2)c2ccc(-c3cccc(C(F)(F)F)c3)cc12. The van der Waals surface area contributed by atoms with Gasteiger partial charge in [0.05, 0.1) is 22.3 Å². The third kappa shape index (κ3) is 8.53. The van der Waals surface area contributed by atoms with E-state index >= 15 is 0 Å². The van der Waals surface area contributed by atoms with E-state index < -0.39 is 47.0 Å². The lowest BCUT2D eigenvalue weighted by molar-refractivity contribution is -0.138. The summed E-state index contributed by atoms with van der Waals surface area (Å²) in [6.45, 7) is 2.84. The molecule has 2 unspecified atom stereocenters. The molecule has 4 aromatic carbocycles. The number of carboxylic acids is 2. The monoisotopic (exact) mass is 816 g/mol. The molecule has 8 rings (SSSR count). The van der Waals surface area contributed by atoms with Crippen molar-refractivity contribution in [2.75, 3.05) is 0 Å². The van der Waals surface area contributed by atoms with Gasteiger partial charge in [-0.05, 0) is 115 Å². The standard InChI is InChI=1S/C23H20F3NO3.C22H18F3NO3/c1-13-5-7-17(9-13)27-12-19(21(28)22(29)30)18-11-15(6-8-20(18)27)14-3-2-4-16(10-14)23(24,25)26;23-22(24,25)16-6-2-5-14(9-16)15-7-8-19-17(10-15)18(20(27)21(28)29)12-26(19)11-13-3-1-4-13/h2-4,6,8,10-13,17H,5,7,9H2,1H3,(H,29,30);2,5-10,12-13H,1,3-4,11H2,(H,28,29). The highest BCUT2D eigenvalue weighted by atomic mass is 19.4. The largest absolute Gasteiger partial charge is 0.475 e. The van der Waals surface area contributed by atoms with Crippen molar-refractivity contribution in [3.05, 3.63) is 120 Å². The molecule has 2 aliphatic carbocycles. The maximum atomic E-state index is 13.1. The normalized spacial score (nSPS) is 17.1. The third-order valence-corrected chi connectivity index (χ3v) is 11.4. The number of nitrogens with zero attached hydrogens (tertiary/aromatic N) is 2. The zero-order valence-corrected chi connectivity index (χ0v) is 31.6. The molecule has 2 aromatic heterocycles. The van der Waals surface area contributed by atoms with Crippen molar-refractivity contribution in [1.82, 2.24) is 9.13 Å². The van der Waals surface area contributed by atoms with Crippen molar-refractivity contribution in [1.29, 1.82) is 0 Å². The maximum absolute atomic E-state index is 13.1. The highest BCUT2D eigenvalue weighted by Crippen LogP contribution is 2.40. The number of fused-ring (bicyclic) bond motifs is 2. The third-order valence-electron chi connectivity index (χ3n) is 11.4. The minimum atomic E-state index is -4.47. The van der Waals surface area contributed by atoms with Crippen molar-refractivity contribution >= 4 is 45.3 Å². The fourth-order valence-corrected chi connectivity index (χ4v) is 8.09. The maximum Gasteiger partial charge on any atom is 0.416 e. The number of carboxylic acid groups (broad SMARTS) is 2. The molecular formula is C45H38F6N2O6. The minimum absolute atomic E-state index is 0.0562. The van der Waals surface area contributed by atoms with E-state index in [1.165, 1.54) is 12.1 Å². The van der Waals surface area contributed by atoms with Crippen LogP contribution in [0.15, 0.2) is 97.3 Å². The molecule has 0 aliphatic heterocycles. The quantitative estimate of drug-likeness (QED) is 0.0852. The van der Waals surface area contributed by atoms with E-state index in [1.807, 2.05) is 9.13 Å². The van der Waals surface area contributed by atoms with Gasteiger partial charge in [0.15, 0.2) is 0 Å². The molecule has 0 bridgehead atoms. The Morgan fingerprint density at radius 3 is 1.58 bits per heavy atom. The topological polar surface area (TPSA) is 119 Å². The predicted molar refractivity (Wildman–Crippen MR) is 208 cm³/mol. The summed E-state index contributed by atoms with van der Waals surface area (Å²) in [6.07, 6.45) is 0.452. The lowest BCUT2D eigenvalue weighted by atomic mass is 9.85. The number of ketones is 2. The van der Waals surface area contributed by atoms with Crippen LogP contribution in [0.1, 0.15) is 83.3 Å². The van der Waals surface area contributed by atoms with Gasteiger partial charge in [0.2, 0.25) is 0 Å². The second kappa shape index (κ2) is 15.9. The van der Waals surface area contributed by atoms with Crippen LogP contribution in [0.4, 0.5) is 26.3 Å². The van der Waals surface area contributed by atoms with Crippen LogP contribution in [0.25, 0.3) is 44.1 Å². The van der Waals surface area contributed by atoms with E-state index in [1.54, 1.807) is 60.9 Å². The molecule has 2 aliphatic rings. The number of halogens is 6. The number of hydrogen-bond donors (Lipinski definition) is 2. The number of rotatable bonds is 9. The first-order chi connectivity index (χ1) is 27.9. The fourth-order valence-electron chi connectivity index (χ4n) is 8.09. The average Bonchev–Trinajstić information content (AvgIpc) is 3.89. The van der Waals surface area contributed by atoms with Crippen LogP contribution in [-0.2, 0) is 28.5 Å². The van der Waals surface area contributed by atoms with Gasteiger partial charge in [0.1, 0.15) is 0 Å². The summed E-state index contributed by atoms with van der Waals surface area (Å²) in [4.78, 5) is 47.2. The molecule has 0 amide bonds. The zero-order valence-electron chi connectivity index (χ0n) is 31.6. The van der Waals surface area contributed by atoms with Crippen molar-refractivity contribution in [3.8, 4) is 22.3 Å². The molecular weight excluding hydrogens is 778 g/mol. The number of alkyl halides is 6. The van der Waals surface area contributed by atoms with Crippen LogP contribution in [0.5, 0.6) is 0 Å². The van der Waals surface area contributed by atoms with E-state index in [9.17, 15) is 55.7 Å². The first kappa shape index (κ1) is 41.0. The number of carbonyl (C=O) groups is 4. The smallest absolute Gasteiger partial charge is 0.416 e. The van der Waals surface area contributed by atoms with Gasteiger partial charge in [-0.15, -0.1) is 0 Å². The number of benzene rings is 4. The molecule has 59 heavy (non-hydrogen) atoms. The first-order valence-corrected chi connectivity index (χ1v) is 19.1. The molecule has 0 radical (unpaired) electrons. The Kier molecular flexibility index (Phi) is 11.0. The van der Waals surface area contributed by atoms with E-state index in [0.717, 1.165) is 68.3 Å². The van der Waals surface area contributed by atoms with Crippen molar-refractivity contribution in [2.24, 2.45) is 11.8 Å². The van der Waals surface area contributed by atoms with E-state index in [-0.39, 0.29) is 17.2 Å². The number of carbonyl (C=O) groups excluding carboxylic acids is 2. The van der Waals surface area contributed by atoms with E-state index in [2.05, 4.69) is 6.92 Å². The lowest BCUT2D eigenvalue weighted by Crippen LogP contribution is -2.17. The lowest BCUT2D eigenvalue weighted by Gasteiger charge is -2.26. The number of aliphatic carboxylic acids is 2. The summed E-state index contributed by atoms with van der Waals surface area (Å²) in [5.74, 6) is -4.14. The average molecular weight is 817 g/mol. The van der Waals surface area contributed by atoms with Crippen LogP contribution in [0.2, 0.25) is 0 Å². The number of hydrogen-bond acceptors (Lipinski definition) is 4. The molecule has 0 spiro atoms. The van der Waals surface area contributed by atoms with Gasteiger partial charge in [0.25, 0.3) is 11.6 Å². The highest BCUT2D eigenvalue weighted by Gasteiger charge is 2.32. The van der Waals surface area contributed by atoms with Gasteiger partial charge in [-0.1, -0.05) is 49.7 Å². The van der Waals surface area contributed by atoms with Gasteiger partial charge < -0.3 is 19.3 Å². The second-order valence-corrected chi connectivity index (χ2v) is 15.4. The van der Waals surface area contributed by atoms with Gasteiger partial charge in [-0.3, -0.25) is 9.59 Å². The van der Waals surface area contributed by atoms with Crippen LogP contribution in [0, 0.1) is 11.8 Å². The predicted octanol–water partition coefficient (Wildman–Crippen LogP) is 11.3. The van der Waals surface area contributed by atoms with E-state index in [4.69, 9.17) is 0 Å². The summed E-state index contributed by atoms with van der Waals surface area (Å²) in [6, 6.07) is 20.1. The van der Waals surface area contributed by atoms with Crippen molar-refractivity contribution in [2.45, 2.75) is 70.4 Å². The zero-order chi connectivity index (χ0) is 42.4. The number of Topliss-reactive ketones (excluding diaryl/α,β-unsaturated/α-hetero) is 2. The second-order valence-electron chi connectivity index (χ2n) is 15.4. The van der Waals surface area contributed by atoms with Crippen molar-refractivity contribution in [3.63, 3.8) is 0 Å². The Bertz CT molecular complexity index is 2620. The highest BCUT2D eigenvalue weighted by molar-refractivity contribution is 6.43. The molecule has 2 N–H and O–H groups in total. The minimum Gasteiger partial charge on any atom is -0.475 e. The fraction of sp³-hybridized carbons (Fsp3) is 0.289. The molecule has 2 saturated carbocycles. The first-order valence-electron chi connectivity index (χ1n) is 19.1. The van der Waals surface area contributed by atoms with Gasteiger partial charge in [0, 0.05) is 46.8 Å². The molecule has 8 nitrogen and oxygen atoms in total. The molecule has 2 atom stereocenters. The Morgan fingerprint density at radius 1 is 0.627 bits per heavy atom. The molecule has 2 fully saturated rings. The molecule has 14 heteroatoms. The Balaban J connectivity index is 0.000000179. The number of aromatic nitrogens is 2.